The van der Waals surface area contributed by atoms with Crippen molar-refractivity contribution in [3.63, 3.8) is 0 Å². The molecule has 0 atom stereocenters. The van der Waals surface area contributed by atoms with Gasteiger partial charge < -0.3 is 4.57 Å². The van der Waals surface area contributed by atoms with Crippen molar-refractivity contribution in [2.24, 2.45) is 0 Å². The van der Waals surface area contributed by atoms with Crippen LogP contribution in [0.2, 0.25) is 0 Å². The average Bonchev–Trinajstić information content (AvgIpc) is 3.10. The first-order valence-corrected chi connectivity index (χ1v) is 10.2. The number of rotatable bonds is 4. The summed E-state index contributed by atoms with van der Waals surface area (Å²) in [4.78, 5) is 37.7. The number of aromatic nitrogens is 3. The van der Waals surface area contributed by atoms with Crippen LogP contribution in [0.1, 0.15) is 27.4 Å². The van der Waals surface area contributed by atoms with Crippen molar-refractivity contribution < 1.29 is 9.59 Å². The second kappa shape index (κ2) is 8.50. The van der Waals surface area contributed by atoms with E-state index in [1.165, 1.54) is 0 Å². The second-order valence-corrected chi connectivity index (χ2v) is 7.55. The molecule has 0 radical (unpaired) electrons. The number of hydrazine groups is 1. The Morgan fingerprint density at radius 2 is 1.56 bits per heavy atom. The molecule has 2 N–H and O–H groups in total. The van der Waals surface area contributed by atoms with Crippen molar-refractivity contribution in [2.75, 3.05) is 0 Å². The van der Waals surface area contributed by atoms with Gasteiger partial charge in [0.1, 0.15) is 6.54 Å². The lowest BCUT2D eigenvalue weighted by molar-refractivity contribution is -0.122. The number of hydrogen-bond acceptors (Lipinski definition) is 4. The fourth-order valence-electron chi connectivity index (χ4n) is 3.85. The van der Waals surface area contributed by atoms with Crippen LogP contribution in [0.5, 0.6) is 0 Å². The molecule has 2 heterocycles. The average molecular weight is 429 g/mol. The van der Waals surface area contributed by atoms with Crippen LogP contribution in [-0.4, -0.2) is 26.2 Å². The molecule has 8 nitrogen and oxygen atoms in total. The fraction of sp³-hybridized carbons (Fsp3) is 0.167. The van der Waals surface area contributed by atoms with Crippen molar-refractivity contribution in [1.29, 1.82) is 0 Å². The molecule has 4 aromatic rings. The number of para-hydroxylation sites is 1. The van der Waals surface area contributed by atoms with Crippen LogP contribution in [0, 0.1) is 20.8 Å². The summed E-state index contributed by atoms with van der Waals surface area (Å²) in [7, 11) is 0. The standard InChI is InChI=1S/C24H23N5O3/c1-15-13-21(17(3)29(15)18-9-5-4-6-10-18)23(31)26-25-22(30)14-28-24(32)20-12-8-7-11-19(20)16(2)27-28/h4-13H,14H2,1-3H3,(H,25,30)(H,26,31). The van der Waals surface area contributed by atoms with Crippen LogP contribution in [0.15, 0.2) is 65.5 Å². The second-order valence-electron chi connectivity index (χ2n) is 7.55. The highest BCUT2D eigenvalue weighted by Gasteiger charge is 2.18. The molecule has 2 amide bonds. The zero-order valence-corrected chi connectivity index (χ0v) is 18.0. The van der Waals surface area contributed by atoms with Crippen LogP contribution in [0.25, 0.3) is 16.5 Å². The summed E-state index contributed by atoms with van der Waals surface area (Å²) in [5.41, 5.74) is 8.13. The predicted molar refractivity (Wildman–Crippen MR) is 122 cm³/mol. The maximum absolute atomic E-state index is 12.7. The monoisotopic (exact) mass is 429 g/mol. The van der Waals surface area contributed by atoms with Crippen LogP contribution in [0.3, 0.4) is 0 Å². The highest BCUT2D eigenvalue weighted by molar-refractivity contribution is 5.97. The van der Waals surface area contributed by atoms with E-state index in [2.05, 4.69) is 16.0 Å². The van der Waals surface area contributed by atoms with E-state index in [4.69, 9.17) is 0 Å². The number of nitrogens with zero attached hydrogens (tertiary/aromatic N) is 3. The Bertz CT molecular complexity index is 1390. The molecule has 0 aliphatic rings. The lowest BCUT2D eigenvalue weighted by atomic mass is 10.1. The van der Waals surface area contributed by atoms with Crippen molar-refractivity contribution in [3.8, 4) is 5.69 Å². The summed E-state index contributed by atoms with van der Waals surface area (Å²) < 4.78 is 3.07. The molecule has 162 valence electrons. The van der Waals surface area contributed by atoms with E-state index in [1.54, 1.807) is 25.1 Å². The first kappa shape index (κ1) is 21.0. The Kier molecular flexibility index (Phi) is 5.59. The number of fused-ring (bicyclic) bond motifs is 1. The molecule has 8 heteroatoms. The maximum Gasteiger partial charge on any atom is 0.275 e. The van der Waals surface area contributed by atoms with E-state index >= 15 is 0 Å². The normalized spacial score (nSPS) is 10.8. The molecule has 0 fully saturated rings. The number of hydrogen-bond donors (Lipinski definition) is 2. The van der Waals surface area contributed by atoms with Gasteiger partial charge in [0.25, 0.3) is 17.4 Å². The van der Waals surface area contributed by atoms with E-state index < -0.39 is 11.8 Å². The minimum Gasteiger partial charge on any atom is -0.318 e. The van der Waals surface area contributed by atoms with Crippen molar-refractivity contribution in [1.82, 2.24) is 25.2 Å². The quantitative estimate of drug-likeness (QED) is 0.487. The van der Waals surface area contributed by atoms with Gasteiger partial charge in [0, 0.05) is 22.5 Å². The SMILES string of the molecule is Cc1nn(CC(=O)NNC(=O)c2cc(C)n(-c3ccccc3)c2C)c(=O)c2ccccc12. The van der Waals surface area contributed by atoms with E-state index in [-0.39, 0.29) is 12.1 Å². The highest BCUT2D eigenvalue weighted by Crippen LogP contribution is 2.20. The van der Waals surface area contributed by atoms with E-state index in [1.807, 2.05) is 60.9 Å². The lowest BCUT2D eigenvalue weighted by Gasteiger charge is -2.11. The Labute approximate surface area is 184 Å². The number of amides is 2. The molecule has 4 rings (SSSR count). The van der Waals surface area contributed by atoms with Gasteiger partial charge in [-0.2, -0.15) is 5.10 Å². The molecule has 0 unspecified atom stereocenters. The third-order valence-electron chi connectivity index (χ3n) is 5.35. The smallest absolute Gasteiger partial charge is 0.275 e. The van der Waals surface area contributed by atoms with Crippen molar-refractivity contribution in [2.45, 2.75) is 27.3 Å². The van der Waals surface area contributed by atoms with Gasteiger partial charge in [-0.1, -0.05) is 36.4 Å². The van der Waals surface area contributed by atoms with Crippen molar-refractivity contribution in [3.05, 3.63) is 93.7 Å². The number of aryl methyl sites for hydroxylation is 2. The molecule has 0 saturated heterocycles. The largest absolute Gasteiger partial charge is 0.318 e. The Morgan fingerprint density at radius 1 is 0.906 bits per heavy atom. The van der Waals surface area contributed by atoms with Gasteiger partial charge in [0.15, 0.2) is 0 Å². The van der Waals surface area contributed by atoms with E-state index in [0.717, 1.165) is 27.1 Å². The number of benzene rings is 2. The highest BCUT2D eigenvalue weighted by atomic mass is 16.2. The fourth-order valence-corrected chi connectivity index (χ4v) is 3.85. The zero-order valence-electron chi connectivity index (χ0n) is 18.0. The van der Waals surface area contributed by atoms with Gasteiger partial charge in [-0.3, -0.25) is 25.2 Å². The third kappa shape index (κ3) is 3.90. The summed E-state index contributed by atoms with van der Waals surface area (Å²) in [5.74, 6) is -0.997. The van der Waals surface area contributed by atoms with Gasteiger partial charge >= 0.3 is 0 Å². The minimum absolute atomic E-state index is 0.312. The van der Waals surface area contributed by atoms with E-state index in [0.29, 0.717) is 16.6 Å². The van der Waals surface area contributed by atoms with Gasteiger partial charge in [0.05, 0.1) is 16.6 Å². The molecule has 2 aromatic carbocycles. The summed E-state index contributed by atoms with van der Waals surface area (Å²) in [6, 6.07) is 18.6. The molecular weight excluding hydrogens is 406 g/mol. The summed E-state index contributed by atoms with van der Waals surface area (Å²) in [6.45, 7) is 5.22. The first-order valence-electron chi connectivity index (χ1n) is 10.2. The molecule has 0 bridgehead atoms. The van der Waals surface area contributed by atoms with Gasteiger partial charge in [-0.05, 0) is 45.0 Å². The summed E-state index contributed by atoms with van der Waals surface area (Å²) >= 11 is 0. The first-order chi connectivity index (χ1) is 15.4. The number of carbonyl (C=O) groups excluding carboxylic acids is 2. The molecule has 0 saturated carbocycles. The van der Waals surface area contributed by atoms with E-state index in [9.17, 15) is 14.4 Å². The summed E-state index contributed by atoms with van der Waals surface area (Å²) in [5, 5.41) is 5.45. The van der Waals surface area contributed by atoms with Crippen LogP contribution < -0.4 is 16.4 Å². The lowest BCUT2D eigenvalue weighted by Crippen LogP contribution is -2.44. The number of nitrogens with one attached hydrogen (secondary N) is 2. The molecular formula is C24H23N5O3. The van der Waals surface area contributed by atoms with Crippen LogP contribution >= 0.6 is 0 Å². The Balaban J connectivity index is 1.48. The Morgan fingerprint density at radius 3 is 2.28 bits per heavy atom. The third-order valence-corrected chi connectivity index (χ3v) is 5.35. The van der Waals surface area contributed by atoms with Gasteiger partial charge in [-0.15, -0.1) is 0 Å². The minimum atomic E-state index is -0.556. The maximum atomic E-state index is 12.7. The summed E-state index contributed by atoms with van der Waals surface area (Å²) in [6.07, 6.45) is 0. The molecule has 0 aliphatic carbocycles. The molecule has 2 aromatic heterocycles. The molecule has 0 spiro atoms. The predicted octanol–water partition coefficient (Wildman–Crippen LogP) is 2.57. The number of carbonyl (C=O) groups is 2. The van der Waals surface area contributed by atoms with Crippen molar-refractivity contribution >= 4 is 22.6 Å². The topological polar surface area (TPSA) is 98.0 Å². The van der Waals surface area contributed by atoms with Crippen LogP contribution in [-0.2, 0) is 11.3 Å². The Hall–Kier alpha value is -4.20. The molecule has 0 aliphatic heterocycles. The van der Waals surface area contributed by atoms with Gasteiger partial charge in [-0.25, -0.2) is 4.68 Å². The van der Waals surface area contributed by atoms with Crippen LogP contribution in [0.4, 0.5) is 0 Å². The van der Waals surface area contributed by atoms with Gasteiger partial charge in [0.2, 0.25) is 0 Å². The molecule has 32 heavy (non-hydrogen) atoms. The zero-order chi connectivity index (χ0) is 22.8.